The van der Waals surface area contributed by atoms with Crippen molar-refractivity contribution >= 4 is 0 Å². The fraction of sp³-hybridized carbons (Fsp3) is 0. The van der Waals surface area contributed by atoms with Gasteiger partial charge in [0.05, 0.1) is 0 Å². The van der Waals surface area contributed by atoms with E-state index in [1.165, 1.54) is 0 Å². The van der Waals surface area contributed by atoms with Crippen LogP contribution in [0.4, 0.5) is 0 Å². The smallest absolute Gasteiger partial charge is 0.123 e. The van der Waals surface area contributed by atoms with E-state index in [4.69, 9.17) is 0 Å². The molecule has 0 radical (unpaired) electrons. The molecular weight excluding hydrogens is 276 g/mol. The standard InChI is InChI=1S/C16H12N6/c1-5-15(21-9-17-18-10-21)6-2-13(1)14-3-7-16(8-4-14)22-11-19-20-12-22/h1-12H. The highest BCUT2D eigenvalue weighted by atomic mass is 15.2. The van der Waals surface area contributed by atoms with Gasteiger partial charge in [0.15, 0.2) is 0 Å². The van der Waals surface area contributed by atoms with Gasteiger partial charge in [-0.1, -0.05) is 24.3 Å². The Bertz CT molecular complexity index is 770. The third kappa shape index (κ3) is 2.26. The average Bonchev–Trinajstić information content (AvgIpc) is 3.29. The molecule has 0 saturated heterocycles. The molecule has 0 aliphatic heterocycles. The Morgan fingerprint density at radius 1 is 0.455 bits per heavy atom. The van der Waals surface area contributed by atoms with E-state index in [0.29, 0.717) is 0 Å². The van der Waals surface area contributed by atoms with Crippen LogP contribution >= 0.6 is 0 Å². The van der Waals surface area contributed by atoms with Crippen molar-refractivity contribution in [2.24, 2.45) is 0 Å². The molecule has 0 bridgehead atoms. The van der Waals surface area contributed by atoms with Crippen LogP contribution in [0.1, 0.15) is 0 Å². The lowest BCUT2D eigenvalue weighted by molar-refractivity contribution is 1.05. The van der Waals surface area contributed by atoms with E-state index in [2.05, 4.69) is 44.7 Å². The summed E-state index contributed by atoms with van der Waals surface area (Å²) >= 11 is 0. The molecule has 0 saturated carbocycles. The fourth-order valence-electron chi connectivity index (χ4n) is 2.32. The van der Waals surface area contributed by atoms with E-state index in [-0.39, 0.29) is 0 Å². The molecule has 4 rings (SSSR count). The average molecular weight is 288 g/mol. The number of nitrogens with zero attached hydrogens (tertiary/aromatic N) is 6. The third-order valence-electron chi connectivity index (χ3n) is 3.50. The van der Waals surface area contributed by atoms with E-state index >= 15 is 0 Å². The summed E-state index contributed by atoms with van der Waals surface area (Å²) in [5.74, 6) is 0. The summed E-state index contributed by atoms with van der Waals surface area (Å²) in [5.41, 5.74) is 4.39. The van der Waals surface area contributed by atoms with Crippen molar-refractivity contribution in [2.45, 2.75) is 0 Å². The second kappa shape index (κ2) is 5.25. The Morgan fingerprint density at radius 2 is 0.773 bits per heavy atom. The maximum absolute atomic E-state index is 3.81. The van der Waals surface area contributed by atoms with Crippen molar-refractivity contribution in [1.29, 1.82) is 0 Å². The number of hydrogen-bond donors (Lipinski definition) is 0. The highest BCUT2D eigenvalue weighted by molar-refractivity contribution is 5.65. The van der Waals surface area contributed by atoms with E-state index in [9.17, 15) is 0 Å². The number of benzene rings is 2. The molecule has 106 valence electrons. The Morgan fingerprint density at radius 3 is 1.09 bits per heavy atom. The summed E-state index contributed by atoms with van der Waals surface area (Å²) < 4.78 is 3.75. The first-order chi connectivity index (χ1) is 10.9. The second-order valence-electron chi connectivity index (χ2n) is 4.83. The molecule has 0 unspecified atom stereocenters. The first-order valence-corrected chi connectivity index (χ1v) is 6.81. The molecule has 0 amide bonds. The topological polar surface area (TPSA) is 61.4 Å². The molecular formula is C16H12N6. The Labute approximate surface area is 126 Å². The van der Waals surface area contributed by atoms with Crippen molar-refractivity contribution in [3.63, 3.8) is 0 Å². The largest absolute Gasteiger partial charge is 0.288 e. The first-order valence-electron chi connectivity index (χ1n) is 6.81. The summed E-state index contributed by atoms with van der Waals surface area (Å²) in [6.07, 6.45) is 6.73. The van der Waals surface area contributed by atoms with Gasteiger partial charge in [0.2, 0.25) is 0 Å². The third-order valence-corrected chi connectivity index (χ3v) is 3.50. The van der Waals surface area contributed by atoms with E-state index in [1.54, 1.807) is 25.3 Å². The molecule has 6 nitrogen and oxygen atoms in total. The molecule has 22 heavy (non-hydrogen) atoms. The minimum atomic E-state index is 1.04. The van der Waals surface area contributed by atoms with Crippen molar-refractivity contribution in [3.05, 3.63) is 73.8 Å². The number of rotatable bonds is 3. The zero-order valence-corrected chi connectivity index (χ0v) is 11.6. The molecule has 0 spiro atoms. The summed E-state index contributed by atoms with van der Waals surface area (Å²) in [4.78, 5) is 0. The van der Waals surface area contributed by atoms with Gasteiger partial charge in [-0.2, -0.15) is 0 Å². The van der Waals surface area contributed by atoms with Crippen molar-refractivity contribution in [3.8, 4) is 22.5 Å². The van der Waals surface area contributed by atoms with E-state index in [0.717, 1.165) is 22.5 Å². The van der Waals surface area contributed by atoms with Crippen LogP contribution in [0.3, 0.4) is 0 Å². The molecule has 0 aliphatic carbocycles. The Balaban J connectivity index is 1.62. The van der Waals surface area contributed by atoms with Crippen LogP contribution < -0.4 is 0 Å². The highest BCUT2D eigenvalue weighted by Gasteiger charge is 2.01. The first kappa shape index (κ1) is 12.5. The number of hydrogen-bond acceptors (Lipinski definition) is 4. The summed E-state index contributed by atoms with van der Waals surface area (Å²) in [6.45, 7) is 0. The lowest BCUT2D eigenvalue weighted by atomic mass is 10.0. The summed E-state index contributed by atoms with van der Waals surface area (Å²) in [5, 5.41) is 15.3. The van der Waals surface area contributed by atoms with Crippen molar-refractivity contribution < 1.29 is 0 Å². The van der Waals surface area contributed by atoms with Crippen LogP contribution in [0.15, 0.2) is 73.8 Å². The van der Waals surface area contributed by atoms with Gasteiger partial charge in [-0.25, -0.2) is 0 Å². The minimum Gasteiger partial charge on any atom is -0.288 e. The molecule has 0 atom stereocenters. The van der Waals surface area contributed by atoms with Crippen molar-refractivity contribution in [2.75, 3.05) is 0 Å². The molecule has 4 aromatic rings. The Kier molecular flexibility index (Phi) is 2.97. The van der Waals surface area contributed by atoms with Crippen LogP contribution in [0.2, 0.25) is 0 Å². The lowest BCUT2D eigenvalue weighted by Gasteiger charge is -2.06. The van der Waals surface area contributed by atoms with E-state index < -0.39 is 0 Å². The molecule has 6 heteroatoms. The van der Waals surface area contributed by atoms with E-state index in [1.807, 2.05) is 33.4 Å². The van der Waals surface area contributed by atoms with Crippen LogP contribution in [0.5, 0.6) is 0 Å². The minimum absolute atomic E-state index is 1.04. The van der Waals surface area contributed by atoms with Gasteiger partial charge >= 0.3 is 0 Å². The zero-order chi connectivity index (χ0) is 14.8. The van der Waals surface area contributed by atoms with Crippen LogP contribution in [-0.2, 0) is 0 Å². The maximum Gasteiger partial charge on any atom is 0.123 e. The molecule has 2 aromatic carbocycles. The molecule has 0 aliphatic rings. The van der Waals surface area contributed by atoms with Gasteiger partial charge in [-0.3, -0.25) is 9.13 Å². The lowest BCUT2D eigenvalue weighted by Crippen LogP contribution is -1.91. The summed E-state index contributed by atoms with van der Waals surface area (Å²) in [6, 6.07) is 16.5. The van der Waals surface area contributed by atoms with Crippen molar-refractivity contribution in [1.82, 2.24) is 29.5 Å². The normalized spacial score (nSPS) is 10.7. The van der Waals surface area contributed by atoms with Gasteiger partial charge in [0, 0.05) is 11.4 Å². The highest BCUT2D eigenvalue weighted by Crippen LogP contribution is 2.22. The predicted molar refractivity (Wildman–Crippen MR) is 81.7 cm³/mol. The van der Waals surface area contributed by atoms with Crippen LogP contribution in [-0.4, -0.2) is 29.5 Å². The number of aromatic nitrogens is 6. The predicted octanol–water partition coefficient (Wildman–Crippen LogP) is 2.52. The maximum atomic E-state index is 3.81. The fourth-order valence-corrected chi connectivity index (χ4v) is 2.32. The quantitative estimate of drug-likeness (QED) is 0.581. The van der Waals surface area contributed by atoms with Gasteiger partial charge < -0.3 is 0 Å². The zero-order valence-electron chi connectivity index (χ0n) is 11.6. The monoisotopic (exact) mass is 288 g/mol. The summed E-state index contributed by atoms with van der Waals surface area (Å²) in [7, 11) is 0. The van der Waals surface area contributed by atoms with Gasteiger partial charge in [-0.15, -0.1) is 20.4 Å². The second-order valence-corrected chi connectivity index (χ2v) is 4.83. The Hall–Kier alpha value is -3.28. The molecule has 2 aromatic heterocycles. The molecule has 0 N–H and O–H groups in total. The van der Waals surface area contributed by atoms with Crippen LogP contribution in [0, 0.1) is 0 Å². The molecule has 2 heterocycles. The van der Waals surface area contributed by atoms with Gasteiger partial charge in [0.25, 0.3) is 0 Å². The SMILES string of the molecule is c1cc(-n2cnnc2)ccc1-c1ccc(-n2cnnc2)cc1. The van der Waals surface area contributed by atoms with Gasteiger partial charge in [-0.05, 0) is 35.4 Å². The molecule has 0 fully saturated rings. The van der Waals surface area contributed by atoms with Crippen LogP contribution in [0.25, 0.3) is 22.5 Å². The van der Waals surface area contributed by atoms with Gasteiger partial charge in [0.1, 0.15) is 25.3 Å².